The van der Waals surface area contributed by atoms with Crippen LogP contribution in [0.2, 0.25) is 5.02 Å². The highest BCUT2D eigenvalue weighted by molar-refractivity contribution is 7.89. The summed E-state index contributed by atoms with van der Waals surface area (Å²) < 4.78 is 43.2. The largest absolute Gasteiger partial charge is 0.382 e. The van der Waals surface area contributed by atoms with Crippen molar-refractivity contribution in [2.24, 2.45) is 0 Å². The van der Waals surface area contributed by atoms with Crippen LogP contribution in [0.15, 0.2) is 24.3 Å². The van der Waals surface area contributed by atoms with Crippen LogP contribution < -0.4 is 0 Å². The standard InChI is InChI=1S/C17H26ClNO5S/c1-17(2)13-24-16(14-5-4-6-15(18)11-14)12-19(17)25(20,21)10-9-23-8-7-22-3/h4-6,11,16H,7-10,12-13H2,1-3H3. The first-order chi connectivity index (χ1) is 11.8. The number of benzene rings is 1. The van der Waals surface area contributed by atoms with E-state index in [0.717, 1.165) is 5.56 Å². The first-order valence-corrected chi connectivity index (χ1v) is 10.2. The smallest absolute Gasteiger partial charge is 0.217 e. The Morgan fingerprint density at radius 2 is 2.08 bits per heavy atom. The number of nitrogens with zero attached hydrogens (tertiary/aromatic N) is 1. The monoisotopic (exact) mass is 391 g/mol. The fraction of sp³-hybridized carbons (Fsp3) is 0.647. The van der Waals surface area contributed by atoms with Crippen LogP contribution in [0, 0.1) is 0 Å². The van der Waals surface area contributed by atoms with Gasteiger partial charge in [-0.2, -0.15) is 4.31 Å². The van der Waals surface area contributed by atoms with Crippen molar-refractivity contribution in [1.82, 2.24) is 4.31 Å². The lowest BCUT2D eigenvalue weighted by Crippen LogP contribution is -2.56. The summed E-state index contributed by atoms with van der Waals surface area (Å²) >= 11 is 6.04. The van der Waals surface area contributed by atoms with Crippen molar-refractivity contribution in [3.8, 4) is 0 Å². The first kappa shape index (κ1) is 20.6. The van der Waals surface area contributed by atoms with Crippen molar-refractivity contribution in [3.05, 3.63) is 34.9 Å². The van der Waals surface area contributed by atoms with Gasteiger partial charge in [-0.05, 0) is 31.5 Å². The average Bonchev–Trinajstić information content (AvgIpc) is 2.54. The molecule has 1 aliphatic heterocycles. The van der Waals surface area contributed by atoms with E-state index in [1.807, 2.05) is 32.0 Å². The van der Waals surface area contributed by atoms with Gasteiger partial charge in [-0.25, -0.2) is 8.42 Å². The predicted molar refractivity (Wildman–Crippen MR) is 97.4 cm³/mol. The Bertz CT molecular complexity index is 665. The van der Waals surface area contributed by atoms with Gasteiger partial charge in [-0.1, -0.05) is 23.7 Å². The van der Waals surface area contributed by atoms with E-state index in [1.54, 1.807) is 13.2 Å². The minimum absolute atomic E-state index is 0.0671. The fourth-order valence-electron chi connectivity index (χ4n) is 2.74. The molecule has 0 radical (unpaired) electrons. The van der Waals surface area contributed by atoms with Gasteiger partial charge in [-0.3, -0.25) is 0 Å². The Morgan fingerprint density at radius 3 is 2.76 bits per heavy atom. The Balaban J connectivity index is 2.07. The van der Waals surface area contributed by atoms with E-state index in [4.69, 9.17) is 25.8 Å². The molecule has 1 saturated heterocycles. The third kappa shape index (κ3) is 5.64. The summed E-state index contributed by atoms with van der Waals surface area (Å²) in [5, 5.41) is 0.604. The molecule has 1 aromatic rings. The van der Waals surface area contributed by atoms with Crippen LogP contribution in [0.4, 0.5) is 0 Å². The second-order valence-corrected chi connectivity index (χ2v) is 9.07. The van der Waals surface area contributed by atoms with Gasteiger partial charge < -0.3 is 14.2 Å². The van der Waals surface area contributed by atoms with Crippen LogP contribution in [0.3, 0.4) is 0 Å². The molecule has 0 aromatic heterocycles. The number of halogens is 1. The second kappa shape index (κ2) is 8.79. The molecule has 0 aliphatic carbocycles. The number of ether oxygens (including phenoxy) is 3. The summed E-state index contributed by atoms with van der Waals surface area (Å²) in [7, 11) is -1.90. The molecule has 6 nitrogen and oxygen atoms in total. The number of hydrogen-bond donors (Lipinski definition) is 0. The highest BCUT2D eigenvalue weighted by atomic mass is 35.5. The molecule has 0 bridgehead atoms. The molecular formula is C17H26ClNO5S. The quantitative estimate of drug-likeness (QED) is 0.637. The molecule has 0 amide bonds. The van der Waals surface area contributed by atoms with Crippen molar-refractivity contribution in [1.29, 1.82) is 0 Å². The molecule has 1 heterocycles. The first-order valence-electron chi connectivity index (χ1n) is 8.20. The molecule has 0 N–H and O–H groups in total. The van der Waals surface area contributed by atoms with E-state index in [1.165, 1.54) is 4.31 Å². The predicted octanol–water partition coefficient (Wildman–Crippen LogP) is 2.48. The number of morpholine rings is 1. The van der Waals surface area contributed by atoms with Crippen LogP contribution in [0.25, 0.3) is 0 Å². The minimum Gasteiger partial charge on any atom is -0.382 e. The molecule has 1 aromatic carbocycles. The van der Waals surface area contributed by atoms with Crippen molar-refractivity contribution in [2.45, 2.75) is 25.5 Å². The lowest BCUT2D eigenvalue weighted by atomic mass is 10.0. The molecule has 0 saturated carbocycles. The Hall–Kier alpha value is -0.700. The topological polar surface area (TPSA) is 65.1 Å². The number of sulfonamides is 1. The van der Waals surface area contributed by atoms with Gasteiger partial charge in [0.15, 0.2) is 0 Å². The zero-order valence-corrected chi connectivity index (χ0v) is 16.5. The Kier molecular flexibility index (Phi) is 7.25. The summed E-state index contributed by atoms with van der Waals surface area (Å²) in [6.45, 7) is 5.27. The number of methoxy groups -OCH3 is 1. The zero-order chi connectivity index (χ0) is 18.5. The van der Waals surface area contributed by atoms with Gasteiger partial charge >= 0.3 is 0 Å². The van der Waals surface area contributed by atoms with Gasteiger partial charge in [0, 0.05) is 18.7 Å². The number of rotatable bonds is 8. The lowest BCUT2D eigenvalue weighted by molar-refractivity contribution is -0.0656. The second-order valence-electron chi connectivity index (χ2n) is 6.62. The van der Waals surface area contributed by atoms with Gasteiger partial charge in [0.1, 0.15) is 0 Å². The molecule has 8 heteroatoms. The van der Waals surface area contributed by atoms with E-state index < -0.39 is 15.6 Å². The molecule has 142 valence electrons. The number of hydrogen-bond acceptors (Lipinski definition) is 5. The van der Waals surface area contributed by atoms with Crippen LogP contribution >= 0.6 is 11.6 Å². The molecule has 1 atom stereocenters. The highest BCUT2D eigenvalue weighted by Gasteiger charge is 2.42. The fourth-order valence-corrected chi connectivity index (χ4v) is 4.66. The highest BCUT2D eigenvalue weighted by Crippen LogP contribution is 2.33. The van der Waals surface area contributed by atoms with Crippen molar-refractivity contribution < 1.29 is 22.6 Å². The molecule has 25 heavy (non-hydrogen) atoms. The normalized spacial score (nSPS) is 21.4. The van der Waals surface area contributed by atoms with Gasteiger partial charge in [0.2, 0.25) is 10.0 Å². The zero-order valence-electron chi connectivity index (χ0n) is 14.9. The van der Waals surface area contributed by atoms with E-state index >= 15 is 0 Å². The van der Waals surface area contributed by atoms with E-state index in [9.17, 15) is 8.42 Å². The molecule has 1 aliphatic rings. The third-order valence-corrected chi connectivity index (χ3v) is 6.35. The van der Waals surface area contributed by atoms with Crippen LogP contribution in [-0.2, 0) is 24.2 Å². The molecule has 1 fully saturated rings. The minimum atomic E-state index is -3.47. The Morgan fingerprint density at radius 1 is 1.32 bits per heavy atom. The van der Waals surface area contributed by atoms with Crippen molar-refractivity contribution in [2.75, 3.05) is 45.8 Å². The molecule has 2 rings (SSSR count). The lowest BCUT2D eigenvalue weighted by Gasteiger charge is -2.44. The van der Waals surface area contributed by atoms with Gasteiger partial charge in [0.25, 0.3) is 0 Å². The van der Waals surface area contributed by atoms with Crippen LogP contribution in [0.1, 0.15) is 25.5 Å². The third-order valence-electron chi connectivity index (χ3n) is 4.12. The maximum atomic E-state index is 12.8. The van der Waals surface area contributed by atoms with Gasteiger partial charge in [0.05, 0.1) is 43.8 Å². The summed E-state index contributed by atoms with van der Waals surface area (Å²) in [6.07, 6.45) is -0.337. The average molecular weight is 392 g/mol. The van der Waals surface area contributed by atoms with Crippen LogP contribution in [-0.4, -0.2) is 64.1 Å². The van der Waals surface area contributed by atoms with E-state index in [2.05, 4.69) is 0 Å². The summed E-state index contributed by atoms with van der Waals surface area (Å²) in [4.78, 5) is 0. The molecular weight excluding hydrogens is 366 g/mol. The summed E-state index contributed by atoms with van der Waals surface area (Å²) in [5.41, 5.74) is 0.264. The van der Waals surface area contributed by atoms with Crippen molar-refractivity contribution in [3.63, 3.8) is 0 Å². The maximum Gasteiger partial charge on any atom is 0.217 e. The molecule has 0 spiro atoms. The molecule has 1 unspecified atom stereocenters. The van der Waals surface area contributed by atoms with Crippen molar-refractivity contribution >= 4 is 21.6 Å². The summed E-state index contributed by atoms with van der Waals surface area (Å²) in [5.74, 6) is -0.0671. The SMILES string of the molecule is COCCOCCS(=O)(=O)N1CC(c2cccc(Cl)c2)OCC1(C)C. The summed E-state index contributed by atoms with van der Waals surface area (Å²) in [6, 6.07) is 7.32. The Labute approximate surface area is 155 Å². The van der Waals surface area contributed by atoms with E-state index in [-0.39, 0.29) is 25.0 Å². The van der Waals surface area contributed by atoms with Gasteiger partial charge in [-0.15, -0.1) is 0 Å². The van der Waals surface area contributed by atoms with Crippen LogP contribution in [0.5, 0.6) is 0 Å². The van der Waals surface area contributed by atoms with E-state index in [0.29, 0.717) is 24.8 Å². The maximum absolute atomic E-state index is 12.8.